The van der Waals surface area contributed by atoms with E-state index in [2.05, 4.69) is 71.8 Å². The topological polar surface area (TPSA) is 66.6 Å². The molecular weight excluding hydrogens is 298 g/mol. The van der Waals surface area contributed by atoms with Crippen molar-refractivity contribution in [1.29, 1.82) is 0 Å². The van der Waals surface area contributed by atoms with E-state index in [1.165, 1.54) is 16.7 Å². The predicted octanol–water partition coefficient (Wildman–Crippen LogP) is 5.06. The summed E-state index contributed by atoms with van der Waals surface area (Å²) < 4.78 is 2.24. The molecule has 0 unspecified atom stereocenters. The Balaban J connectivity index is 2.04. The van der Waals surface area contributed by atoms with Crippen LogP contribution in [0.1, 0.15) is 29.4 Å². The molecule has 122 valence electrons. The first-order valence-electron chi connectivity index (χ1n) is 8.22. The van der Waals surface area contributed by atoms with Crippen molar-refractivity contribution in [3.05, 3.63) is 69.4 Å². The fraction of sp³-hybridized carbons (Fsp3) is 0.316. The van der Waals surface area contributed by atoms with Crippen molar-refractivity contribution < 1.29 is 0 Å². The zero-order valence-electron chi connectivity index (χ0n) is 14.3. The molecule has 2 aromatic carbocycles. The highest BCUT2D eigenvalue weighted by Gasteiger charge is 2.12. The first kappa shape index (κ1) is 16.1. The molecule has 0 bridgehead atoms. The van der Waals surface area contributed by atoms with Crippen LogP contribution < -0.4 is 0 Å². The molecule has 3 rings (SSSR count). The van der Waals surface area contributed by atoms with Crippen LogP contribution in [0.15, 0.2) is 41.5 Å². The van der Waals surface area contributed by atoms with Gasteiger partial charge in [0.2, 0.25) is 0 Å². The molecule has 3 aromatic rings. The average molecular weight is 319 g/mol. The Morgan fingerprint density at radius 1 is 1.12 bits per heavy atom. The van der Waals surface area contributed by atoms with Crippen LogP contribution in [0.25, 0.3) is 27.2 Å². The van der Waals surface area contributed by atoms with E-state index >= 15 is 0 Å². The molecule has 5 heteroatoms. The van der Waals surface area contributed by atoms with Gasteiger partial charge in [-0.3, -0.25) is 4.57 Å². The number of azide groups is 1. The van der Waals surface area contributed by atoms with Gasteiger partial charge in [-0.2, -0.15) is 0 Å². The van der Waals surface area contributed by atoms with Crippen LogP contribution in [0.4, 0.5) is 0 Å². The lowest BCUT2D eigenvalue weighted by atomic mass is 10.1. The molecule has 24 heavy (non-hydrogen) atoms. The van der Waals surface area contributed by atoms with Gasteiger partial charge in [-0.05, 0) is 66.8 Å². The minimum atomic E-state index is 0.489. The molecule has 0 amide bonds. The van der Waals surface area contributed by atoms with Gasteiger partial charge in [0.1, 0.15) is 5.82 Å². The van der Waals surface area contributed by atoms with Crippen molar-refractivity contribution in [1.82, 2.24) is 9.55 Å². The summed E-state index contributed by atoms with van der Waals surface area (Å²) in [7, 11) is 0. The van der Waals surface area contributed by atoms with Crippen LogP contribution >= 0.6 is 0 Å². The molecule has 5 nitrogen and oxygen atoms in total. The summed E-state index contributed by atoms with van der Waals surface area (Å²) in [6.45, 7) is 6.88. The smallest absolute Gasteiger partial charge is 0.114 e. The van der Waals surface area contributed by atoms with Gasteiger partial charge < -0.3 is 0 Å². The normalized spacial score (nSPS) is 10.8. The minimum Gasteiger partial charge on any atom is -0.296 e. The molecular formula is C19H21N5. The second-order valence-electron chi connectivity index (χ2n) is 6.01. The Morgan fingerprint density at radius 3 is 2.50 bits per heavy atom. The number of imidazole rings is 1. The monoisotopic (exact) mass is 319 g/mol. The Morgan fingerprint density at radius 2 is 1.83 bits per heavy atom. The molecule has 0 spiro atoms. The van der Waals surface area contributed by atoms with Crippen molar-refractivity contribution in [2.45, 2.75) is 33.6 Å². The van der Waals surface area contributed by atoms with Crippen molar-refractivity contribution in [2.75, 3.05) is 6.54 Å². The molecule has 0 aliphatic rings. The van der Waals surface area contributed by atoms with Crippen molar-refractivity contribution >= 4 is 11.0 Å². The SMILES string of the molecule is CCc1nc2cc(C)c(C)cc2n1-c1ccc(CCN=[N+]=[N-])cc1. The van der Waals surface area contributed by atoms with Gasteiger partial charge >= 0.3 is 0 Å². The van der Waals surface area contributed by atoms with Gasteiger partial charge in [-0.25, -0.2) is 4.98 Å². The number of hydrogen-bond acceptors (Lipinski definition) is 2. The van der Waals surface area contributed by atoms with Crippen LogP contribution in [-0.2, 0) is 12.8 Å². The summed E-state index contributed by atoms with van der Waals surface area (Å²) in [4.78, 5) is 7.59. The average Bonchev–Trinajstić information content (AvgIpc) is 2.93. The van der Waals surface area contributed by atoms with E-state index in [0.29, 0.717) is 6.54 Å². The van der Waals surface area contributed by atoms with Crippen LogP contribution in [0.2, 0.25) is 0 Å². The maximum atomic E-state index is 8.36. The van der Waals surface area contributed by atoms with E-state index in [-0.39, 0.29) is 0 Å². The van der Waals surface area contributed by atoms with Crippen LogP contribution in [0, 0.1) is 13.8 Å². The largest absolute Gasteiger partial charge is 0.296 e. The third-order valence-electron chi connectivity index (χ3n) is 4.41. The number of aromatic nitrogens is 2. The number of fused-ring (bicyclic) bond motifs is 1. The Hall–Kier alpha value is -2.78. The van der Waals surface area contributed by atoms with Gasteiger partial charge in [-0.1, -0.05) is 24.2 Å². The number of rotatable bonds is 5. The standard InChI is InChI=1S/C19H21N5/c1-4-19-22-17-11-13(2)14(3)12-18(17)24(19)16-7-5-15(6-8-16)9-10-21-23-20/h5-8,11-12H,4,9-10H2,1-3H3. The molecule has 0 N–H and O–H groups in total. The van der Waals surface area contributed by atoms with Crippen LogP contribution in [-0.4, -0.2) is 16.1 Å². The predicted molar refractivity (Wildman–Crippen MR) is 97.6 cm³/mol. The molecule has 0 fully saturated rings. The molecule has 0 saturated heterocycles. The van der Waals surface area contributed by atoms with Crippen LogP contribution in [0.3, 0.4) is 0 Å². The van der Waals surface area contributed by atoms with E-state index in [1.807, 2.05) is 0 Å². The lowest BCUT2D eigenvalue weighted by molar-refractivity contribution is 0.904. The molecule has 0 aliphatic carbocycles. The maximum Gasteiger partial charge on any atom is 0.114 e. The summed E-state index contributed by atoms with van der Waals surface area (Å²) in [5.74, 6) is 1.07. The van der Waals surface area contributed by atoms with E-state index in [9.17, 15) is 0 Å². The van der Waals surface area contributed by atoms with Crippen molar-refractivity contribution in [3.8, 4) is 5.69 Å². The first-order valence-corrected chi connectivity index (χ1v) is 8.22. The summed E-state index contributed by atoms with van der Waals surface area (Å²) in [5, 5.41) is 3.59. The second kappa shape index (κ2) is 6.77. The van der Waals surface area contributed by atoms with Gasteiger partial charge in [0.05, 0.1) is 11.0 Å². The zero-order chi connectivity index (χ0) is 17.1. The molecule has 0 atom stereocenters. The zero-order valence-corrected chi connectivity index (χ0v) is 14.3. The quantitative estimate of drug-likeness (QED) is 0.368. The second-order valence-corrected chi connectivity index (χ2v) is 6.01. The third-order valence-corrected chi connectivity index (χ3v) is 4.41. The summed E-state index contributed by atoms with van der Waals surface area (Å²) >= 11 is 0. The Bertz CT molecular complexity index is 915. The summed E-state index contributed by atoms with van der Waals surface area (Å²) in [6, 6.07) is 12.8. The lowest BCUT2D eigenvalue weighted by Crippen LogP contribution is -2.00. The fourth-order valence-electron chi connectivity index (χ4n) is 2.94. The Kier molecular flexibility index (Phi) is 4.54. The minimum absolute atomic E-state index is 0.489. The van der Waals surface area contributed by atoms with E-state index in [1.54, 1.807) is 0 Å². The summed E-state index contributed by atoms with van der Waals surface area (Å²) in [6.07, 6.45) is 1.64. The van der Waals surface area contributed by atoms with E-state index in [4.69, 9.17) is 10.5 Å². The number of aryl methyl sites for hydroxylation is 3. The van der Waals surface area contributed by atoms with Gasteiger partial charge in [0.25, 0.3) is 0 Å². The molecule has 1 heterocycles. The number of benzene rings is 2. The lowest BCUT2D eigenvalue weighted by Gasteiger charge is -2.10. The van der Waals surface area contributed by atoms with Gasteiger partial charge in [0.15, 0.2) is 0 Å². The molecule has 0 saturated carbocycles. The highest BCUT2D eigenvalue weighted by Crippen LogP contribution is 2.25. The van der Waals surface area contributed by atoms with E-state index < -0.39 is 0 Å². The molecule has 0 radical (unpaired) electrons. The number of hydrogen-bond donors (Lipinski definition) is 0. The van der Waals surface area contributed by atoms with Gasteiger partial charge in [-0.15, -0.1) is 0 Å². The van der Waals surface area contributed by atoms with Gasteiger partial charge in [0, 0.05) is 23.6 Å². The first-order chi connectivity index (χ1) is 11.6. The maximum absolute atomic E-state index is 8.36. The highest BCUT2D eigenvalue weighted by atomic mass is 15.1. The summed E-state index contributed by atoms with van der Waals surface area (Å²) in [5.41, 5.74) is 15.4. The fourth-order valence-corrected chi connectivity index (χ4v) is 2.94. The van der Waals surface area contributed by atoms with Crippen molar-refractivity contribution in [3.63, 3.8) is 0 Å². The molecule has 1 aromatic heterocycles. The Labute approximate surface area is 141 Å². The number of nitrogens with zero attached hydrogens (tertiary/aromatic N) is 5. The van der Waals surface area contributed by atoms with Crippen LogP contribution in [0.5, 0.6) is 0 Å². The highest BCUT2D eigenvalue weighted by molar-refractivity contribution is 5.80. The third kappa shape index (κ3) is 2.99. The molecule has 0 aliphatic heterocycles. The van der Waals surface area contributed by atoms with Crippen molar-refractivity contribution in [2.24, 2.45) is 5.11 Å². The van der Waals surface area contributed by atoms with E-state index in [0.717, 1.165) is 35.4 Å².